The van der Waals surface area contributed by atoms with Gasteiger partial charge in [0.1, 0.15) is 11.4 Å². The lowest BCUT2D eigenvalue weighted by Crippen LogP contribution is -2.20. The normalized spacial score (nSPS) is 11.8. The first kappa shape index (κ1) is 23.0. The number of carbonyl (C=O) groups excluding carboxylic acids is 1. The summed E-state index contributed by atoms with van der Waals surface area (Å²) in [5.41, 5.74) is 2.37. The number of carbonyl (C=O) groups is 1. The van der Waals surface area contributed by atoms with Crippen LogP contribution in [0.1, 0.15) is 34.2 Å². The van der Waals surface area contributed by atoms with E-state index >= 15 is 0 Å². The lowest BCUT2D eigenvalue weighted by Gasteiger charge is -2.10. The van der Waals surface area contributed by atoms with Crippen molar-refractivity contribution in [1.82, 2.24) is 20.2 Å². The maximum absolute atomic E-state index is 13.6. The second kappa shape index (κ2) is 9.34. The number of aryl methyl sites for hydroxylation is 1. The summed E-state index contributed by atoms with van der Waals surface area (Å²) < 4.78 is 47.4. The van der Waals surface area contributed by atoms with Crippen molar-refractivity contribution in [3.05, 3.63) is 83.2 Å². The maximum atomic E-state index is 13.6. The lowest BCUT2D eigenvalue weighted by atomic mass is 10.1. The van der Waals surface area contributed by atoms with Gasteiger partial charge in [-0.15, -0.1) is 0 Å². The molecular weight excluding hydrogens is 447 g/mol. The van der Waals surface area contributed by atoms with Gasteiger partial charge in [-0.05, 0) is 61.9 Å². The average molecular weight is 467 g/mol. The van der Waals surface area contributed by atoms with E-state index in [-0.39, 0.29) is 16.6 Å². The van der Waals surface area contributed by atoms with Crippen LogP contribution in [-0.4, -0.2) is 33.5 Å². The second-order valence-corrected chi connectivity index (χ2v) is 7.29. The van der Waals surface area contributed by atoms with Crippen molar-refractivity contribution in [1.29, 1.82) is 0 Å². The molecule has 4 rings (SSSR count). The van der Waals surface area contributed by atoms with Crippen LogP contribution in [0.2, 0.25) is 0 Å². The van der Waals surface area contributed by atoms with Gasteiger partial charge in [0.15, 0.2) is 5.65 Å². The van der Waals surface area contributed by atoms with Gasteiger partial charge >= 0.3 is 6.18 Å². The third-order valence-electron chi connectivity index (χ3n) is 4.92. The van der Waals surface area contributed by atoms with Crippen LogP contribution in [-0.2, 0) is 6.18 Å². The van der Waals surface area contributed by atoms with Crippen LogP contribution in [0.5, 0.6) is 5.75 Å². The van der Waals surface area contributed by atoms with E-state index in [4.69, 9.17) is 4.74 Å². The fourth-order valence-electron chi connectivity index (χ4n) is 3.40. The fourth-order valence-corrected chi connectivity index (χ4v) is 3.40. The Hall–Kier alpha value is -4.21. The Kier molecular flexibility index (Phi) is 6.31. The van der Waals surface area contributed by atoms with E-state index in [0.717, 1.165) is 0 Å². The molecule has 10 heteroatoms. The number of pyridine rings is 1. The Morgan fingerprint density at radius 3 is 2.50 bits per heavy atom. The molecule has 0 unspecified atom stereocenters. The number of benzene rings is 2. The molecule has 0 saturated carbocycles. The van der Waals surface area contributed by atoms with Gasteiger partial charge in [0.05, 0.1) is 35.2 Å². The largest absolute Gasteiger partial charge is 0.494 e. The number of rotatable bonds is 6. The molecule has 0 spiro atoms. The highest BCUT2D eigenvalue weighted by atomic mass is 19.4. The molecule has 0 aliphatic heterocycles. The van der Waals surface area contributed by atoms with Crippen molar-refractivity contribution in [2.75, 3.05) is 6.61 Å². The standard InChI is InChI=1S/C24H20F3N5O2/c1-3-34-18-11-9-16(10-12-18)14-28-30-23(33)19-13-20(24(25,26)27)29-22-21(19)15(2)31-32(22)17-7-5-4-6-8-17/h4-14H,3H2,1-2H3,(H,30,33)/b28-14+. The number of hydrogen-bond donors (Lipinski definition) is 1. The first-order valence-corrected chi connectivity index (χ1v) is 10.4. The van der Waals surface area contributed by atoms with Crippen molar-refractivity contribution < 1.29 is 22.7 Å². The molecule has 2 aromatic carbocycles. The molecule has 174 valence electrons. The maximum Gasteiger partial charge on any atom is 0.433 e. The molecule has 0 bridgehead atoms. The number of amides is 1. The second-order valence-electron chi connectivity index (χ2n) is 7.29. The lowest BCUT2D eigenvalue weighted by molar-refractivity contribution is -0.141. The van der Waals surface area contributed by atoms with Gasteiger partial charge in [0.25, 0.3) is 5.91 Å². The van der Waals surface area contributed by atoms with Crippen LogP contribution >= 0.6 is 0 Å². The number of para-hydroxylation sites is 1. The third-order valence-corrected chi connectivity index (χ3v) is 4.92. The number of aromatic nitrogens is 3. The average Bonchev–Trinajstić information content (AvgIpc) is 3.16. The van der Waals surface area contributed by atoms with E-state index in [0.29, 0.717) is 35.4 Å². The minimum atomic E-state index is -4.76. The minimum Gasteiger partial charge on any atom is -0.494 e. The monoisotopic (exact) mass is 467 g/mol. The van der Waals surface area contributed by atoms with Gasteiger partial charge in [0.2, 0.25) is 0 Å². The molecule has 0 radical (unpaired) electrons. The SMILES string of the molecule is CCOc1ccc(/C=N/NC(=O)c2cc(C(F)(F)F)nc3c2c(C)nn3-c2ccccc2)cc1. The summed E-state index contributed by atoms with van der Waals surface area (Å²) in [6, 6.07) is 16.3. The van der Waals surface area contributed by atoms with E-state index in [1.807, 2.05) is 6.92 Å². The summed E-state index contributed by atoms with van der Waals surface area (Å²) in [5.74, 6) is -0.121. The topological polar surface area (TPSA) is 81.4 Å². The number of fused-ring (bicyclic) bond motifs is 1. The zero-order chi connectivity index (χ0) is 24.3. The van der Waals surface area contributed by atoms with Crippen molar-refractivity contribution in [3.8, 4) is 11.4 Å². The Morgan fingerprint density at radius 2 is 1.85 bits per heavy atom. The van der Waals surface area contributed by atoms with Crippen LogP contribution in [0, 0.1) is 6.92 Å². The van der Waals surface area contributed by atoms with Gasteiger partial charge in [-0.2, -0.15) is 23.4 Å². The van der Waals surface area contributed by atoms with Gasteiger partial charge in [0, 0.05) is 0 Å². The fraction of sp³-hybridized carbons (Fsp3) is 0.167. The van der Waals surface area contributed by atoms with Crippen molar-refractivity contribution in [2.45, 2.75) is 20.0 Å². The summed E-state index contributed by atoms with van der Waals surface area (Å²) in [7, 11) is 0. The summed E-state index contributed by atoms with van der Waals surface area (Å²) >= 11 is 0. The van der Waals surface area contributed by atoms with Gasteiger partial charge in [-0.25, -0.2) is 15.1 Å². The van der Waals surface area contributed by atoms with Crippen LogP contribution in [0.25, 0.3) is 16.7 Å². The van der Waals surface area contributed by atoms with Crippen LogP contribution < -0.4 is 10.2 Å². The van der Waals surface area contributed by atoms with Crippen molar-refractivity contribution in [3.63, 3.8) is 0 Å². The molecule has 34 heavy (non-hydrogen) atoms. The van der Waals surface area contributed by atoms with E-state index in [1.54, 1.807) is 61.5 Å². The molecule has 1 N–H and O–H groups in total. The summed E-state index contributed by atoms with van der Waals surface area (Å²) in [6.45, 7) is 4.01. The summed E-state index contributed by atoms with van der Waals surface area (Å²) in [6.07, 6.45) is -3.37. The number of halogens is 3. The van der Waals surface area contributed by atoms with Crippen LogP contribution in [0.15, 0.2) is 65.8 Å². The first-order chi connectivity index (χ1) is 16.3. The van der Waals surface area contributed by atoms with E-state index in [1.165, 1.54) is 10.9 Å². The van der Waals surface area contributed by atoms with Gasteiger partial charge < -0.3 is 4.74 Å². The predicted molar refractivity (Wildman–Crippen MR) is 121 cm³/mol. The highest BCUT2D eigenvalue weighted by Gasteiger charge is 2.35. The Bertz CT molecular complexity index is 1350. The molecule has 2 aromatic heterocycles. The van der Waals surface area contributed by atoms with Crippen molar-refractivity contribution in [2.24, 2.45) is 5.10 Å². The predicted octanol–water partition coefficient (Wildman–Crippen LogP) is 4.91. The van der Waals surface area contributed by atoms with Crippen molar-refractivity contribution >= 4 is 23.2 Å². The smallest absolute Gasteiger partial charge is 0.433 e. The number of nitrogens with zero attached hydrogens (tertiary/aromatic N) is 4. The Labute approximate surface area is 192 Å². The molecule has 0 saturated heterocycles. The molecule has 0 fully saturated rings. The molecule has 7 nitrogen and oxygen atoms in total. The zero-order valence-electron chi connectivity index (χ0n) is 18.3. The molecule has 0 atom stereocenters. The number of alkyl halides is 3. The van der Waals surface area contributed by atoms with Gasteiger partial charge in [-0.3, -0.25) is 4.79 Å². The Balaban J connectivity index is 1.70. The zero-order valence-corrected chi connectivity index (χ0v) is 18.3. The van der Waals surface area contributed by atoms with Gasteiger partial charge in [-0.1, -0.05) is 18.2 Å². The number of ether oxygens (including phenoxy) is 1. The highest BCUT2D eigenvalue weighted by molar-refractivity contribution is 6.07. The summed E-state index contributed by atoms with van der Waals surface area (Å²) in [4.78, 5) is 16.7. The molecule has 0 aliphatic carbocycles. The molecule has 4 aromatic rings. The number of hydrazone groups is 1. The Morgan fingerprint density at radius 1 is 1.15 bits per heavy atom. The highest BCUT2D eigenvalue weighted by Crippen LogP contribution is 2.32. The third kappa shape index (κ3) is 4.75. The molecule has 1 amide bonds. The molecular formula is C24H20F3N5O2. The first-order valence-electron chi connectivity index (χ1n) is 10.4. The number of nitrogens with one attached hydrogen (secondary N) is 1. The summed E-state index contributed by atoms with van der Waals surface area (Å²) in [5, 5.41) is 8.44. The minimum absolute atomic E-state index is 0.0702. The quantitative estimate of drug-likeness (QED) is 0.323. The van der Waals surface area contributed by atoms with E-state index < -0.39 is 17.8 Å². The van der Waals surface area contributed by atoms with E-state index in [2.05, 4.69) is 20.6 Å². The molecule has 2 heterocycles. The van der Waals surface area contributed by atoms with Crippen LogP contribution in [0.4, 0.5) is 13.2 Å². The van der Waals surface area contributed by atoms with E-state index in [9.17, 15) is 18.0 Å². The van der Waals surface area contributed by atoms with Crippen LogP contribution in [0.3, 0.4) is 0 Å². The number of hydrogen-bond acceptors (Lipinski definition) is 5. The molecule has 0 aliphatic rings.